The van der Waals surface area contributed by atoms with Crippen LogP contribution in [0.25, 0.3) is 10.9 Å². The van der Waals surface area contributed by atoms with Gasteiger partial charge in [-0.3, -0.25) is 14.9 Å². The van der Waals surface area contributed by atoms with Crippen LogP contribution in [-0.2, 0) is 0 Å². The highest BCUT2D eigenvalue weighted by Gasteiger charge is 2.16. The first-order valence-corrected chi connectivity index (χ1v) is 5.53. The molecular formula is C12H12N4O3. The maximum Gasteiger partial charge on any atom is 0.293 e. The van der Waals surface area contributed by atoms with E-state index in [1.807, 2.05) is 6.92 Å². The maximum atomic E-state index is 11.6. The van der Waals surface area contributed by atoms with Crippen LogP contribution in [0.4, 0.5) is 11.4 Å². The highest BCUT2D eigenvalue weighted by Crippen LogP contribution is 2.27. The summed E-state index contributed by atoms with van der Waals surface area (Å²) >= 11 is 0. The first kappa shape index (κ1) is 12.7. The van der Waals surface area contributed by atoms with Crippen molar-refractivity contribution in [2.75, 3.05) is 11.9 Å². The fourth-order valence-corrected chi connectivity index (χ4v) is 1.64. The predicted molar refractivity (Wildman–Crippen MR) is 72.3 cm³/mol. The third kappa shape index (κ3) is 2.59. The molecule has 0 fully saturated rings. The molecule has 2 rings (SSSR count). The fraction of sp³-hybridized carbons (Fsp3) is 0.167. The SMILES string of the molecule is C=C(C)CNc1cc2nc[nH]c(=O)c2cc1[N+](=O)[O-]. The quantitative estimate of drug-likeness (QED) is 0.496. The van der Waals surface area contributed by atoms with E-state index in [0.717, 1.165) is 5.57 Å². The van der Waals surface area contributed by atoms with Crippen LogP contribution >= 0.6 is 0 Å². The van der Waals surface area contributed by atoms with Crippen LogP contribution in [0.2, 0.25) is 0 Å². The van der Waals surface area contributed by atoms with E-state index < -0.39 is 10.5 Å². The Labute approximate surface area is 108 Å². The normalized spacial score (nSPS) is 10.4. The number of hydrogen-bond acceptors (Lipinski definition) is 5. The Hall–Kier alpha value is -2.70. The average Bonchev–Trinajstić information content (AvgIpc) is 2.35. The van der Waals surface area contributed by atoms with E-state index in [0.29, 0.717) is 17.7 Å². The number of rotatable bonds is 4. The van der Waals surface area contributed by atoms with Crippen molar-refractivity contribution >= 4 is 22.3 Å². The van der Waals surface area contributed by atoms with E-state index in [4.69, 9.17) is 0 Å². The van der Waals surface area contributed by atoms with Crippen LogP contribution in [0.5, 0.6) is 0 Å². The van der Waals surface area contributed by atoms with Gasteiger partial charge in [0.25, 0.3) is 11.2 Å². The van der Waals surface area contributed by atoms with Gasteiger partial charge in [0.1, 0.15) is 5.69 Å². The molecule has 2 aromatic rings. The van der Waals surface area contributed by atoms with Crippen molar-refractivity contribution in [3.05, 3.63) is 51.1 Å². The minimum atomic E-state index is -0.535. The number of nitro benzene ring substituents is 1. The van der Waals surface area contributed by atoms with Gasteiger partial charge >= 0.3 is 0 Å². The molecule has 0 aliphatic rings. The first-order chi connectivity index (χ1) is 8.99. The zero-order valence-electron chi connectivity index (χ0n) is 10.3. The molecule has 0 aliphatic carbocycles. The average molecular weight is 260 g/mol. The minimum absolute atomic E-state index is 0.160. The lowest BCUT2D eigenvalue weighted by Gasteiger charge is -2.07. The molecule has 1 aromatic carbocycles. The first-order valence-electron chi connectivity index (χ1n) is 5.53. The van der Waals surface area contributed by atoms with E-state index in [9.17, 15) is 14.9 Å². The van der Waals surface area contributed by atoms with Gasteiger partial charge in [0.05, 0.1) is 22.2 Å². The van der Waals surface area contributed by atoms with Crippen molar-refractivity contribution in [2.24, 2.45) is 0 Å². The van der Waals surface area contributed by atoms with Gasteiger partial charge in [0.2, 0.25) is 0 Å². The van der Waals surface area contributed by atoms with E-state index in [-0.39, 0.29) is 11.1 Å². The molecule has 0 radical (unpaired) electrons. The molecule has 0 aliphatic heterocycles. The summed E-state index contributed by atoms with van der Waals surface area (Å²) in [5.41, 5.74) is 0.997. The number of nitrogens with zero attached hydrogens (tertiary/aromatic N) is 2. The van der Waals surface area contributed by atoms with Crippen LogP contribution in [0, 0.1) is 10.1 Å². The number of aromatic amines is 1. The Kier molecular flexibility index (Phi) is 3.28. The third-order valence-electron chi connectivity index (χ3n) is 2.54. The largest absolute Gasteiger partial charge is 0.376 e. The highest BCUT2D eigenvalue weighted by atomic mass is 16.6. The highest BCUT2D eigenvalue weighted by molar-refractivity contribution is 5.86. The summed E-state index contributed by atoms with van der Waals surface area (Å²) in [7, 11) is 0. The van der Waals surface area contributed by atoms with E-state index in [1.165, 1.54) is 18.5 Å². The second kappa shape index (κ2) is 4.89. The van der Waals surface area contributed by atoms with Crippen LogP contribution in [0.3, 0.4) is 0 Å². The summed E-state index contributed by atoms with van der Waals surface area (Å²) in [6, 6.07) is 2.72. The molecule has 0 atom stereocenters. The molecule has 19 heavy (non-hydrogen) atoms. The molecule has 98 valence electrons. The van der Waals surface area contributed by atoms with Gasteiger partial charge in [-0.1, -0.05) is 12.2 Å². The van der Waals surface area contributed by atoms with E-state index in [1.54, 1.807) is 0 Å². The molecule has 7 heteroatoms. The molecule has 0 unspecified atom stereocenters. The van der Waals surface area contributed by atoms with Crippen LogP contribution in [0.1, 0.15) is 6.92 Å². The van der Waals surface area contributed by atoms with Crippen molar-refractivity contribution in [1.29, 1.82) is 0 Å². The lowest BCUT2D eigenvalue weighted by molar-refractivity contribution is -0.383. The van der Waals surface area contributed by atoms with Gasteiger partial charge in [0.15, 0.2) is 0 Å². The van der Waals surface area contributed by atoms with Gasteiger partial charge in [-0.05, 0) is 13.0 Å². The third-order valence-corrected chi connectivity index (χ3v) is 2.54. The van der Waals surface area contributed by atoms with Crippen molar-refractivity contribution in [1.82, 2.24) is 9.97 Å². The molecule has 1 aromatic heterocycles. The summed E-state index contributed by atoms with van der Waals surface area (Å²) in [6.07, 6.45) is 1.26. The fourth-order valence-electron chi connectivity index (χ4n) is 1.64. The Balaban J connectivity index is 2.61. The van der Waals surface area contributed by atoms with Gasteiger partial charge in [-0.15, -0.1) is 0 Å². The second-order valence-corrected chi connectivity index (χ2v) is 4.19. The Morgan fingerprint density at radius 1 is 1.58 bits per heavy atom. The number of aromatic nitrogens is 2. The van der Waals surface area contributed by atoms with Gasteiger partial charge < -0.3 is 10.3 Å². The van der Waals surface area contributed by atoms with Crippen LogP contribution in [-0.4, -0.2) is 21.4 Å². The molecule has 0 bridgehead atoms. The summed E-state index contributed by atoms with van der Waals surface area (Å²) in [5, 5.41) is 14.1. The van der Waals surface area contributed by atoms with Crippen molar-refractivity contribution in [2.45, 2.75) is 6.92 Å². The van der Waals surface area contributed by atoms with Crippen LogP contribution < -0.4 is 10.9 Å². The number of nitro groups is 1. The minimum Gasteiger partial charge on any atom is -0.376 e. The summed E-state index contributed by atoms with van der Waals surface area (Å²) in [4.78, 5) is 28.5. The molecule has 1 heterocycles. The lowest BCUT2D eigenvalue weighted by Crippen LogP contribution is -2.09. The standard InChI is InChI=1S/C12H12N4O3/c1-7(2)5-13-10-4-9-8(3-11(10)16(18)19)12(17)15-6-14-9/h3-4,6,13H,1,5H2,2H3,(H,14,15,17). The molecular weight excluding hydrogens is 248 g/mol. The van der Waals surface area contributed by atoms with Crippen LogP contribution in [0.15, 0.2) is 35.4 Å². The summed E-state index contributed by atoms with van der Waals surface area (Å²) in [5.74, 6) is 0. The predicted octanol–water partition coefficient (Wildman–Crippen LogP) is 1.82. The summed E-state index contributed by atoms with van der Waals surface area (Å²) in [6.45, 7) is 5.94. The zero-order chi connectivity index (χ0) is 14.0. The number of anilines is 1. The smallest absolute Gasteiger partial charge is 0.293 e. The number of benzene rings is 1. The number of H-pyrrole nitrogens is 1. The molecule has 2 N–H and O–H groups in total. The molecule has 0 spiro atoms. The van der Waals surface area contributed by atoms with E-state index in [2.05, 4.69) is 21.9 Å². The van der Waals surface area contributed by atoms with Gasteiger partial charge in [-0.25, -0.2) is 4.98 Å². The monoisotopic (exact) mass is 260 g/mol. The van der Waals surface area contributed by atoms with Gasteiger partial charge in [-0.2, -0.15) is 0 Å². The number of hydrogen-bond donors (Lipinski definition) is 2. The molecule has 7 nitrogen and oxygen atoms in total. The van der Waals surface area contributed by atoms with Gasteiger partial charge in [0, 0.05) is 12.6 Å². The Morgan fingerprint density at radius 2 is 2.32 bits per heavy atom. The Bertz CT molecular complexity index is 720. The lowest BCUT2D eigenvalue weighted by atomic mass is 10.2. The Morgan fingerprint density at radius 3 is 2.95 bits per heavy atom. The molecule has 0 amide bonds. The maximum absolute atomic E-state index is 11.6. The van der Waals surface area contributed by atoms with Crippen molar-refractivity contribution in [3.8, 4) is 0 Å². The van der Waals surface area contributed by atoms with Crippen molar-refractivity contribution in [3.63, 3.8) is 0 Å². The topological polar surface area (TPSA) is 101 Å². The van der Waals surface area contributed by atoms with Crippen molar-refractivity contribution < 1.29 is 4.92 Å². The zero-order valence-corrected chi connectivity index (χ0v) is 10.3. The summed E-state index contributed by atoms with van der Waals surface area (Å²) < 4.78 is 0. The second-order valence-electron chi connectivity index (χ2n) is 4.19. The molecule has 0 saturated carbocycles. The number of nitrogens with one attached hydrogen (secondary N) is 2. The van der Waals surface area contributed by atoms with E-state index >= 15 is 0 Å². The molecule has 0 saturated heterocycles. The number of fused-ring (bicyclic) bond motifs is 1.